The molecule has 2 aromatic heterocycles. The number of hydrogen-bond donors (Lipinski definition) is 5. The van der Waals surface area contributed by atoms with Crippen molar-refractivity contribution in [3.8, 4) is 27.4 Å². The van der Waals surface area contributed by atoms with E-state index in [0.717, 1.165) is 59.5 Å². The number of aromatic hydroxyl groups is 1. The number of carbonyl (C=O) groups excluding carboxylic acids is 4. The number of anilines is 2. The van der Waals surface area contributed by atoms with Gasteiger partial charge in [0.05, 0.1) is 39.6 Å². The van der Waals surface area contributed by atoms with Crippen LogP contribution >= 0.6 is 11.3 Å². The zero-order chi connectivity index (χ0) is 45.3. The Morgan fingerprint density at radius 1 is 0.905 bits per heavy atom. The van der Waals surface area contributed by atoms with E-state index in [1.165, 1.54) is 4.90 Å². The molecule has 0 bridgehead atoms. The fourth-order valence-corrected chi connectivity index (χ4v) is 9.15. The van der Waals surface area contributed by atoms with Crippen molar-refractivity contribution in [2.75, 3.05) is 43.4 Å². The van der Waals surface area contributed by atoms with Crippen molar-refractivity contribution < 1.29 is 29.4 Å². The number of hydrogen-bond acceptors (Lipinski definition) is 12. The first kappa shape index (κ1) is 46.9. The third-order valence-corrected chi connectivity index (χ3v) is 13.0. The summed E-state index contributed by atoms with van der Waals surface area (Å²) in [5, 5.41) is 35.2. The van der Waals surface area contributed by atoms with E-state index in [-0.39, 0.29) is 54.8 Å². The van der Waals surface area contributed by atoms with Gasteiger partial charge in [0.1, 0.15) is 17.8 Å². The molecule has 2 fully saturated rings. The first-order chi connectivity index (χ1) is 30.1. The molecule has 16 heteroatoms. The molecule has 2 aliphatic heterocycles. The van der Waals surface area contributed by atoms with E-state index >= 15 is 0 Å². The third-order valence-electron chi connectivity index (χ3n) is 12.1. The summed E-state index contributed by atoms with van der Waals surface area (Å²) in [6.45, 7) is 11.9. The third kappa shape index (κ3) is 12.1. The summed E-state index contributed by atoms with van der Waals surface area (Å²) in [7, 11) is 0. The van der Waals surface area contributed by atoms with Crippen LogP contribution in [0.4, 0.5) is 11.5 Å². The maximum atomic E-state index is 14.1. The molecule has 0 radical (unpaired) electrons. The Bertz CT molecular complexity index is 2200. The van der Waals surface area contributed by atoms with Crippen LogP contribution < -0.4 is 21.3 Å². The number of thiazole rings is 1. The molecule has 338 valence electrons. The quantitative estimate of drug-likeness (QED) is 0.0778. The van der Waals surface area contributed by atoms with Gasteiger partial charge in [0.15, 0.2) is 5.82 Å². The Morgan fingerprint density at radius 2 is 1.57 bits per heavy atom. The van der Waals surface area contributed by atoms with E-state index in [1.54, 1.807) is 29.5 Å². The lowest BCUT2D eigenvalue weighted by atomic mass is 9.85. The van der Waals surface area contributed by atoms with Crippen molar-refractivity contribution in [3.05, 3.63) is 71.4 Å². The van der Waals surface area contributed by atoms with Crippen LogP contribution in [0.15, 0.2) is 60.1 Å². The molecule has 0 spiro atoms. The lowest BCUT2D eigenvalue weighted by molar-refractivity contribution is -0.144. The number of carbonyl (C=O) groups is 4. The van der Waals surface area contributed by atoms with E-state index in [9.17, 15) is 29.4 Å². The van der Waals surface area contributed by atoms with Crippen molar-refractivity contribution in [1.82, 2.24) is 35.6 Å². The zero-order valence-electron chi connectivity index (χ0n) is 37.2. The highest BCUT2D eigenvalue weighted by molar-refractivity contribution is 7.13. The molecule has 0 unspecified atom stereocenters. The largest absolute Gasteiger partial charge is 0.507 e. The number of β-amino-alcohol motifs (C(OH)–C–C–N with tert-alkyl or cyclic N) is 1. The molecule has 63 heavy (non-hydrogen) atoms. The number of piperazine rings is 1. The van der Waals surface area contributed by atoms with Gasteiger partial charge in [-0.25, -0.2) is 4.98 Å². The molecule has 6 N–H and O–H groups in total. The van der Waals surface area contributed by atoms with Gasteiger partial charge in [-0.15, -0.1) is 21.5 Å². The van der Waals surface area contributed by atoms with Gasteiger partial charge < -0.3 is 41.3 Å². The Labute approximate surface area is 374 Å². The molecule has 15 nitrogen and oxygen atoms in total. The number of nitrogens with one attached hydrogen (secondary N) is 2. The van der Waals surface area contributed by atoms with Crippen LogP contribution in [0.25, 0.3) is 21.7 Å². The number of para-hydroxylation sites is 1. The molecule has 4 amide bonds. The number of nitrogens with two attached hydrogens (primary N) is 1. The summed E-state index contributed by atoms with van der Waals surface area (Å²) in [5.41, 5.74) is 12.1. The number of benzene rings is 2. The van der Waals surface area contributed by atoms with Crippen LogP contribution in [0.5, 0.6) is 5.75 Å². The first-order valence-corrected chi connectivity index (χ1v) is 23.0. The van der Waals surface area contributed by atoms with Crippen LogP contribution in [-0.4, -0.2) is 110 Å². The monoisotopic (exact) mass is 881 g/mol. The standard InChI is InChI=1S/C47H63N9O6S/c1-30(32-18-20-33(21-19-32)42-31(2)49-29-63-42)50-45(61)38-26-34(57)28-56(38)46(62)43(47(3,4)5)51-40(59)16-10-8-6-7-9-11-17-41(60)55-24-22-54(23-25-55)37-27-36(52-53-44(37)48)35-14-12-13-15-39(35)58/h12-15,18-21,27,29-30,34,38,43,57-58H,6-11,16-17,22-26,28H2,1-5H3,(H2,48,53)(H,50,61)(H,51,59)/t30-,34+,38-,43+/m1/s1. The highest BCUT2D eigenvalue weighted by atomic mass is 32.1. The number of amides is 4. The van der Waals surface area contributed by atoms with Crippen molar-refractivity contribution in [2.24, 2.45) is 5.41 Å². The lowest BCUT2D eigenvalue weighted by Crippen LogP contribution is -2.57. The van der Waals surface area contributed by atoms with Gasteiger partial charge in [0, 0.05) is 57.5 Å². The molecule has 0 aliphatic carbocycles. The zero-order valence-corrected chi connectivity index (χ0v) is 38.0. The molecule has 4 heterocycles. The van der Waals surface area contributed by atoms with E-state index in [1.807, 2.05) is 81.4 Å². The summed E-state index contributed by atoms with van der Waals surface area (Å²) in [6, 6.07) is 14.7. The van der Waals surface area contributed by atoms with Gasteiger partial charge in [-0.2, -0.15) is 0 Å². The molecule has 4 atom stereocenters. The van der Waals surface area contributed by atoms with Crippen molar-refractivity contribution in [2.45, 2.75) is 117 Å². The van der Waals surface area contributed by atoms with E-state index in [4.69, 9.17) is 5.73 Å². The van der Waals surface area contributed by atoms with Crippen LogP contribution in [-0.2, 0) is 19.2 Å². The molecule has 0 saturated carbocycles. The average Bonchev–Trinajstić information content (AvgIpc) is 3.88. The Balaban J connectivity index is 0.883. The smallest absolute Gasteiger partial charge is 0.246 e. The Kier molecular flexibility index (Phi) is 15.8. The summed E-state index contributed by atoms with van der Waals surface area (Å²) in [5.74, 6) is -0.383. The second kappa shape index (κ2) is 21.2. The summed E-state index contributed by atoms with van der Waals surface area (Å²) < 4.78 is 0. The van der Waals surface area contributed by atoms with E-state index in [2.05, 4.69) is 30.7 Å². The minimum absolute atomic E-state index is 0.0162. The first-order valence-electron chi connectivity index (χ1n) is 22.1. The predicted molar refractivity (Wildman–Crippen MR) is 246 cm³/mol. The minimum atomic E-state index is -0.875. The van der Waals surface area contributed by atoms with Crippen molar-refractivity contribution >= 4 is 46.5 Å². The molecular formula is C47H63N9O6S. The molecule has 2 saturated heterocycles. The number of likely N-dealkylation sites (tertiary alicyclic amines) is 1. The van der Waals surface area contributed by atoms with Crippen LogP contribution in [0.2, 0.25) is 0 Å². The summed E-state index contributed by atoms with van der Waals surface area (Å²) in [4.78, 5) is 64.8. The van der Waals surface area contributed by atoms with Gasteiger partial charge in [-0.1, -0.05) is 82.9 Å². The number of phenolic OH excluding ortho intramolecular Hbond substituents is 1. The lowest BCUT2D eigenvalue weighted by Gasteiger charge is -2.36. The Hall–Kier alpha value is -5.61. The minimum Gasteiger partial charge on any atom is -0.507 e. The van der Waals surface area contributed by atoms with Gasteiger partial charge in [-0.3, -0.25) is 19.2 Å². The maximum absolute atomic E-state index is 14.1. The SMILES string of the molecule is Cc1ncsc1-c1ccc([C@@H](C)NC(=O)[C@H]2C[C@H](O)CN2C(=O)[C@H](NC(=O)CCCCCCCCC(=O)N2CCN(c3cc(-c4ccccc4O)nnc3N)CC2)C(C)(C)C)cc1. The van der Waals surface area contributed by atoms with Gasteiger partial charge in [-0.05, 0) is 61.4 Å². The second-order valence-corrected chi connectivity index (χ2v) is 18.7. The summed E-state index contributed by atoms with van der Waals surface area (Å²) >= 11 is 1.58. The molecule has 4 aromatic rings. The van der Waals surface area contributed by atoms with Crippen molar-refractivity contribution in [3.63, 3.8) is 0 Å². The van der Waals surface area contributed by atoms with Gasteiger partial charge in [0.2, 0.25) is 23.6 Å². The molecule has 2 aliphatic rings. The predicted octanol–water partition coefficient (Wildman–Crippen LogP) is 6.00. The number of nitrogens with zero attached hydrogens (tertiary/aromatic N) is 6. The highest BCUT2D eigenvalue weighted by Gasteiger charge is 2.44. The molecular weight excluding hydrogens is 819 g/mol. The topological polar surface area (TPSA) is 207 Å². The molecule has 6 rings (SSSR count). The Morgan fingerprint density at radius 3 is 2.22 bits per heavy atom. The normalized spacial score (nSPS) is 17.7. The van der Waals surface area contributed by atoms with Crippen LogP contribution in [0, 0.1) is 12.3 Å². The van der Waals surface area contributed by atoms with Crippen LogP contribution in [0.3, 0.4) is 0 Å². The number of nitrogen functional groups attached to an aromatic ring is 1. The van der Waals surface area contributed by atoms with Gasteiger partial charge >= 0.3 is 0 Å². The second-order valence-electron chi connectivity index (χ2n) is 17.9. The number of aromatic nitrogens is 3. The molecule has 2 aromatic carbocycles. The number of aliphatic hydroxyl groups excluding tert-OH is 1. The number of phenols is 1. The average molecular weight is 882 g/mol. The maximum Gasteiger partial charge on any atom is 0.246 e. The number of unbranched alkanes of at least 4 members (excludes halogenated alkanes) is 5. The fraction of sp³-hybridized carbons (Fsp3) is 0.511. The van der Waals surface area contributed by atoms with E-state index in [0.29, 0.717) is 56.1 Å². The van der Waals surface area contributed by atoms with Crippen LogP contribution in [0.1, 0.15) is 103 Å². The van der Waals surface area contributed by atoms with Gasteiger partial charge in [0.25, 0.3) is 0 Å². The van der Waals surface area contributed by atoms with E-state index < -0.39 is 23.6 Å². The van der Waals surface area contributed by atoms with Crippen molar-refractivity contribution in [1.29, 1.82) is 0 Å². The number of rotatable bonds is 17. The fourth-order valence-electron chi connectivity index (χ4n) is 8.34. The summed E-state index contributed by atoms with van der Waals surface area (Å²) in [6.07, 6.45) is 5.15. The highest BCUT2D eigenvalue weighted by Crippen LogP contribution is 2.33. The number of aliphatic hydroxyl groups is 1. The number of aryl methyl sites for hydroxylation is 1.